The fraction of sp³-hybridized carbons (Fsp3) is 0.346. The first kappa shape index (κ1) is 25.0. The number of rotatable bonds is 8. The summed E-state index contributed by atoms with van der Waals surface area (Å²) in [4.78, 5) is 28.9. The molecule has 0 unspecified atom stereocenters. The minimum Gasteiger partial charge on any atom is -0.508 e. The van der Waals surface area contributed by atoms with Crippen molar-refractivity contribution in [2.45, 2.75) is 50.5 Å². The van der Waals surface area contributed by atoms with E-state index in [9.17, 15) is 24.9 Å². The Morgan fingerprint density at radius 1 is 1.03 bits per heavy atom. The van der Waals surface area contributed by atoms with Gasteiger partial charge in [0, 0.05) is 30.5 Å². The number of hydrogen-bond acceptors (Lipinski definition) is 11. The lowest BCUT2D eigenvalue weighted by Gasteiger charge is -2.13. The predicted octanol–water partition coefficient (Wildman–Crippen LogP) is 1.59. The summed E-state index contributed by atoms with van der Waals surface area (Å²) < 4.78 is 19.3. The Morgan fingerprint density at radius 2 is 1.87 bits per heavy atom. The van der Waals surface area contributed by atoms with Crippen molar-refractivity contribution in [2.24, 2.45) is 0 Å². The van der Waals surface area contributed by atoms with Gasteiger partial charge >= 0.3 is 11.3 Å². The molecule has 0 aliphatic carbocycles. The zero-order chi connectivity index (χ0) is 27.1. The summed E-state index contributed by atoms with van der Waals surface area (Å²) in [6.45, 7) is -0.334. The van der Waals surface area contributed by atoms with E-state index >= 15 is 0 Å². The van der Waals surface area contributed by atoms with Crippen LogP contribution < -0.4 is 11.3 Å². The van der Waals surface area contributed by atoms with E-state index in [0.29, 0.717) is 35.1 Å². The maximum Gasteiger partial charge on any atom is 0.362 e. The van der Waals surface area contributed by atoms with Crippen LogP contribution in [0.5, 0.6) is 5.75 Å². The highest BCUT2D eigenvalue weighted by molar-refractivity contribution is 5.79. The number of fused-ring (bicyclic) bond motifs is 2. The Kier molecular flexibility index (Phi) is 6.46. The van der Waals surface area contributed by atoms with Crippen molar-refractivity contribution in [1.82, 2.24) is 24.5 Å². The SMILES string of the molecule is O=c1oc2cc(O)ccc2cc1-n1cc(CCCCc2cc3cn([C@H]4C[C@H](O)[C@@H](CO)O4)c(=O)nc3o2)nn1. The number of phenols is 1. The summed E-state index contributed by atoms with van der Waals surface area (Å²) in [5.41, 5.74) is 0.308. The molecule has 1 aliphatic rings. The second-order valence-corrected chi connectivity index (χ2v) is 9.52. The van der Waals surface area contributed by atoms with Crippen LogP contribution in [0.1, 0.15) is 36.9 Å². The van der Waals surface area contributed by atoms with E-state index in [4.69, 9.17) is 13.6 Å². The standard InChI is InChI=1S/C26H25N5O8/c32-13-22-20(34)10-23(38-22)30-11-15-7-18(37-24(15)27-26(30)36)4-2-1-3-16-12-31(29-28-16)19-8-14-5-6-17(33)9-21(14)39-25(19)35/h5-9,11-12,20,22-23,32-34H,1-4,10,13H2/t20-,22+,23+/m0/s1. The smallest absolute Gasteiger partial charge is 0.362 e. The molecule has 1 aromatic carbocycles. The molecule has 4 aromatic heterocycles. The first-order valence-electron chi connectivity index (χ1n) is 12.5. The number of aromatic hydroxyl groups is 1. The van der Waals surface area contributed by atoms with Gasteiger partial charge in [0.2, 0.25) is 5.71 Å². The van der Waals surface area contributed by atoms with Gasteiger partial charge in [-0.2, -0.15) is 4.98 Å². The molecular weight excluding hydrogens is 510 g/mol. The van der Waals surface area contributed by atoms with Gasteiger partial charge in [-0.15, -0.1) is 5.10 Å². The summed E-state index contributed by atoms with van der Waals surface area (Å²) in [6, 6.07) is 8.00. The molecule has 3 atom stereocenters. The van der Waals surface area contributed by atoms with Gasteiger partial charge in [0.1, 0.15) is 29.4 Å². The zero-order valence-electron chi connectivity index (χ0n) is 20.6. The van der Waals surface area contributed by atoms with Gasteiger partial charge < -0.3 is 28.9 Å². The molecule has 0 bridgehead atoms. The van der Waals surface area contributed by atoms with Gasteiger partial charge in [-0.1, -0.05) is 5.21 Å². The molecule has 6 rings (SSSR count). The van der Waals surface area contributed by atoms with Crippen LogP contribution >= 0.6 is 0 Å². The predicted molar refractivity (Wildman–Crippen MR) is 136 cm³/mol. The van der Waals surface area contributed by atoms with E-state index in [0.717, 1.165) is 12.8 Å². The average molecular weight is 536 g/mol. The monoisotopic (exact) mass is 535 g/mol. The van der Waals surface area contributed by atoms with Crippen LogP contribution in [0.4, 0.5) is 0 Å². The van der Waals surface area contributed by atoms with Crippen LogP contribution in [0.25, 0.3) is 27.8 Å². The molecule has 1 saturated heterocycles. The van der Waals surface area contributed by atoms with Crippen molar-refractivity contribution in [1.29, 1.82) is 0 Å². The maximum absolute atomic E-state index is 12.5. The lowest BCUT2D eigenvalue weighted by atomic mass is 10.1. The number of ether oxygens (including phenoxy) is 1. The highest BCUT2D eigenvalue weighted by atomic mass is 16.5. The lowest BCUT2D eigenvalue weighted by molar-refractivity contribution is -0.0457. The van der Waals surface area contributed by atoms with Crippen molar-refractivity contribution in [3.8, 4) is 11.4 Å². The zero-order valence-corrected chi connectivity index (χ0v) is 20.6. The molecule has 5 heterocycles. The minimum absolute atomic E-state index is 0.00972. The topological polar surface area (TPSA) is 179 Å². The number of hydrogen-bond donors (Lipinski definition) is 3. The highest BCUT2D eigenvalue weighted by Gasteiger charge is 2.35. The highest BCUT2D eigenvalue weighted by Crippen LogP contribution is 2.28. The largest absolute Gasteiger partial charge is 0.508 e. The Bertz CT molecular complexity index is 1770. The average Bonchev–Trinajstić information content (AvgIpc) is 3.63. The van der Waals surface area contributed by atoms with E-state index in [1.54, 1.807) is 24.5 Å². The molecular formula is C26H25N5O8. The van der Waals surface area contributed by atoms with Gasteiger partial charge in [0.05, 0.1) is 30.0 Å². The fourth-order valence-electron chi connectivity index (χ4n) is 4.74. The minimum atomic E-state index is -0.857. The Balaban J connectivity index is 1.08. The number of aliphatic hydroxyl groups excluding tert-OH is 2. The summed E-state index contributed by atoms with van der Waals surface area (Å²) >= 11 is 0. The number of aromatic nitrogens is 5. The summed E-state index contributed by atoms with van der Waals surface area (Å²) in [7, 11) is 0. The molecule has 39 heavy (non-hydrogen) atoms. The third-order valence-electron chi connectivity index (χ3n) is 6.78. The van der Waals surface area contributed by atoms with E-state index in [-0.39, 0.29) is 35.8 Å². The van der Waals surface area contributed by atoms with Crippen LogP contribution in [-0.4, -0.2) is 58.7 Å². The molecule has 1 fully saturated rings. The molecule has 0 radical (unpaired) electrons. The number of unbranched alkanes of at least 4 members (excludes halogenated alkanes) is 1. The number of benzene rings is 1. The van der Waals surface area contributed by atoms with Crippen LogP contribution in [0, 0.1) is 0 Å². The summed E-state index contributed by atoms with van der Waals surface area (Å²) in [5.74, 6) is 0.689. The molecule has 13 heteroatoms. The maximum atomic E-state index is 12.5. The van der Waals surface area contributed by atoms with E-state index in [1.165, 1.54) is 21.4 Å². The molecule has 5 aromatic rings. The van der Waals surface area contributed by atoms with Crippen molar-refractivity contribution < 1.29 is 28.9 Å². The van der Waals surface area contributed by atoms with Crippen LogP contribution in [0.15, 0.2) is 61.1 Å². The third kappa shape index (κ3) is 4.94. The second kappa shape index (κ2) is 10.1. The molecule has 0 amide bonds. The van der Waals surface area contributed by atoms with E-state index in [1.807, 2.05) is 6.07 Å². The normalized spacial score (nSPS) is 19.4. The Labute approximate surface area is 219 Å². The van der Waals surface area contributed by atoms with Crippen LogP contribution in [0.3, 0.4) is 0 Å². The summed E-state index contributed by atoms with van der Waals surface area (Å²) in [5, 5.41) is 38.4. The van der Waals surface area contributed by atoms with E-state index in [2.05, 4.69) is 15.3 Å². The molecule has 1 aliphatic heterocycles. The molecule has 3 N–H and O–H groups in total. The molecule has 0 saturated carbocycles. The first-order valence-corrected chi connectivity index (χ1v) is 12.5. The number of phenolic OH excluding ortho intramolecular Hbond substituents is 1. The van der Waals surface area contributed by atoms with Crippen LogP contribution in [-0.2, 0) is 17.6 Å². The number of furan rings is 1. The van der Waals surface area contributed by atoms with Crippen molar-refractivity contribution in [2.75, 3.05) is 6.61 Å². The number of aliphatic hydroxyl groups is 2. The van der Waals surface area contributed by atoms with Crippen molar-refractivity contribution >= 4 is 22.1 Å². The van der Waals surface area contributed by atoms with Gasteiger partial charge in [-0.25, -0.2) is 14.3 Å². The Hall–Kier alpha value is -4.33. The first-order chi connectivity index (χ1) is 18.9. The van der Waals surface area contributed by atoms with Crippen LogP contribution in [0.2, 0.25) is 0 Å². The second-order valence-electron chi connectivity index (χ2n) is 9.52. The van der Waals surface area contributed by atoms with Crippen molar-refractivity contribution in [3.63, 3.8) is 0 Å². The lowest BCUT2D eigenvalue weighted by Crippen LogP contribution is -2.27. The van der Waals surface area contributed by atoms with Crippen molar-refractivity contribution in [3.05, 3.63) is 75.1 Å². The molecule has 202 valence electrons. The van der Waals surface area contributed by atoms with Gasteiger partial charge in [-0.3, -0.25) is 4.57 Å². The van der Waals surface area contributed by atoms with Gasteiger partial charge in [0.15, 0.2) is 5.69 Å². The van der Waals surface area contributed by atoms with E-state index < -0.39 is 29.8 Å². The van der Waals surface area contributed by atoms with Gasteiger partial charge in [-0.05, 0) is 43.5 Å². The quantitative estimate of drug-likeness (QED) is 0.194. The number of nitrogens with zero attached hydrogens (tertiary/aromatic N) is 5. The third-order valence-corrected chi connectivity index (χ3v) is 6.78. The fourth-order valence-corrected chi connectivity index (χ4v) is 4.74. The van der Waals surface area contributed by atoms with Gasteiger partial charge in [0.25, 0.3) is 0 Å². The number of aryl methyl sites for hydroxylation is 2. The molecule has 0 spiro atoms. The summed E-state index contributed by atoms with van der Waals surface area (Å²) in [6.07, 6.45) is 3.96. The molecule has 13 nitrogen and oxygen atoms in total. The Morgan fingerprint density at radius 3 is 2.69 bits per heavy atom.